The van der Waals surface area contributed by atoms with E-state index in [1.807, 2.05) is 0 Å². The summed E-state index contributed by atoms with van der Waals surface area (Å²) in [5, 5.41) is 3.40. The van der Waals surface area contributed by atoms with Gasteiger partial charge in [-0.3, -0.25) is 0 Å². The Morgan fingerprint density at radius 2 is 2.05 bits per heavy atom. The predicted molar refractivity (Wildman–Crippen MR) is 88.2 cm³/mol. The van der Waals surface area contributed by atoms with Crippen LogP contribution in [0.5, 0.6) is 0 Å². The Kier molecular flexibility index (Phi) is 7.62. The molecular formula is C15H25NO2S2. The fraction of sp³-hybridized carbons (Fsp3) is 0.600. The summed E-state index contributed by atoms with van der Waals surface area (Å²) in [5.41, 5.74) is 1.28. The van der Waals surface area contributed by atoms with Crippen LogP contribution in [0.25, 0.3) is 0 Å². The van der Waals surface area contributed by atoms with Crippen LogP contribution in [0.3, 0.4) is 0 Å². The van der Waals surface area contributed by atoms with E-state index in [0.29, 0.717) is 18.2 Å². The van der Waals surface area contributed by atoms with E-state index >= 15 is 0 Å². The molecule has 0 heterocycles. The summed E-state index contributed by atoms with van der Waals surface area (Å²) in [4.78, 5) is 1.21. The third-order valence-corrected chi connectivity index (χ3v) is 6.05. The average Bonchev–Trinajstić information content (AvgIpc) is 2.44. The van der Waals surface area contributed by atoms with Gasteiger partial charge in [0.1, 0.15) is 9.84 Å². The van der Waals surface area contributed by atoms with Crippen molar-refractivity contribution in [3.63, 3.8) is 0 Å². The van der Waals surface area contributed by atoms with Crippen molar-refractivity contribution in [1.82, 2.24) is 5.32 Å². The van der Waals surface area contributed by atoms with Gasteiger partial charge in [0.25, 0.3) is 0 Å². The first-order chi connectivity index (χ1) is 9.48. The molecule has 1 rings (SSSR count). The maximum atomic E-state index is 11.4. The van der Waals surface area contributed by atoms with Gasteiger partial charge in [-0.1, -0.05) is 26.0 Å². The van der Waals surface area contributed by atoms with Crippen LogP contribution in [-0.4, -0.2) is 32.2 Å². The summed E-state index contributed by atoms with van der Waals surface area (Å²) in [6, 6.07) is 8.81. The molecule has 0 saturated heterocycles. The molecule has 114 valence electrons. The Hall–Kier alpha value is -0.520. The number of hydrogen-bond donors (Lipinski definition) is 1. The number of hydrogen-bond acceptors (Lipinski definition) is 4. The molecule has 0 aliphatic heterocycles. The Balaban J connectivity index is 2.47. The molecule has 1 atom stereocenters. The van der Waals surface area contributed by atoms with Crippen molar-refractivity contribution in [3.8, 4) is 0 Å². The normalized spacial score (nSPS) is 13.3. The van der Waals surface area contributed by atoms with Gasteiger partial charge in [-0.05, 0) is 43.3 Å². The molecule has 0 fully saturated rings. The summed E-state index contributed by atoms with van der Waals surface area (Å²) >= 11 is 1.73. The predicted octanol–water partition coefficient (Wildman–Crippen LogP) is 3.27. The van der Waals surface area contributed by atoms with E-state index in [-0.39, 0.29) is 5.75 Å². The van der Waals surface area contributed by atoms with E-state index in [4.69, 9.17) is 0 Å². The van der Waals surface area contributed by atoms with E-state index in [2.05, 4.69) is 43.4 Å². The van der Waals surface area contributed by atoms with Gasteiger partial charge in [0.05, 0.1) is 5.75 Å². The van der Waals surface area contributed by atoms with Crippen molar-refractivity contribution in [1.29, 1.82) is 0 Å². The van der Waals surface area contributed by atoms with Crippen LogP contribution in [0.1, 0.15) is 38.8 Å². The van der Waals surface area contributed by atoms with Crippen molar-refractivity contribution in [2.75, 3.05) is 23.8 Å². The molecule has 5 heteroatoms. The molecule has 0 spiro atoms. The lowest BCUT2D eigenvalue weighted by atomic mass is 10.1. The Labute approximate surface area is 127 Å². The quantitative estimate of drug-likeness (QED) is 0.561. The van der Waals surface area contributed by atoms with Crippen LogP contribution in [0.4, 0.5) is 0 Å². The lowest BCUT2D eigenvalue weighted by Gasteiger charge is -2.13. The minimum absolute atomic E-state index is 0.243. The monoisotopic (exact) mass is 315 g/mol. The SMILES string of the molecule is CCNC(C)c1cccc(SCCCS(=O)(=O)CC)c1. The fourth-order valence-corrected chi connectivity index (χ4v) is 3.89. The van der Waals surface area contributed by atoms with Crippen LogP contribution in [0.2, 0.25) is 0 Å². The maximum absolute atomic E-state index is 11.4. The lowest BCUT2D eigenvalue weighted by molar-refractivity contribution is 0.596. The summed E-state index contributed by atoms with van der Waals surface area (Å²) in [7, 11) is -2.83. The second-order valence-electron chi connectivity index (χ2n) is 4.79. The number of benzene rings is 1. The summed E-state index contributed by atoms with van der Waals surface area (Å²) in [6.45, 7) is 6.91. The zero-order chi connectivity index (χ0) is 15.0. The summed E-state index contributed by atoms with van der Waals surface area (Å²) in [5.74, 6) is 1.38. The maximum Gasteiger partial charge on any atom is 0.150 e. The molecule has 0 saturated carbocycles. The van der Waals surface area contributed by atoms with Crippen molar-refractivity contribution in [2.24, 2.45) is 0 Å². The first kappa shape index (κ1) is 17.5. The van der Waals surface area contributed by atoms with Crippen molar-refractivity contribution >= 4 is 21.6 Å². The van der Waals surface area contributed by atoms with E-state index in [0.717, 1.165) is 12.3 Å². The van der Waals surface area contributed by atoms with Crippen LogP contribution >= 0.6 is 11.8 Å². The molecule has 20 heavy (non-hydrogen) atoms. The van der Waals surface area contributed by atoms with Crippen LogP contribution in [0, 0.1) is 0 Å². The van der Waals surface area contributed by atoms with Crippen molar-refractivity contribution < 1.29 is 8.42 Å². The van der Waals surface area contributed by atoms with Crippen molar-refractivity contribution in [3.05, 3.63) is 29.8 Å². The van der Waals surface area contributed by atoms with Gasteiger partial charge in [-0.25, -0.2) is 8.42 Å². The Morgan fingerprint density at radius 3 is 2.70 bits per heavy atom. The minimum atomic E-state index is -2.83. The average molecular weight is 316 g/mol. The molecule has 0 aliphatic carbocycles. The highest BCUT2D eigenvalue weighted by atomic mass is 32.2. The van der Waals surface area contributed by atoms with E-state index < -0.39 is 9.84 Å². The minimum Gasteiger partial charge on any atom is -0.310 e. The second kappa shape index (κ2) is 8.70. The van der Waals surface area contributed by atoms with Gasteiger partial charge < -0.3 is 5.32 Å². The molecule has 0 amide bonds. The summed E-state index contributed by atoms with van der Waals surface area (Å²) in [6.07, 6.45) is 0.716. The Morgan fingerprint density at radius 1 is 1.30 bits per heavy atom. The van der Waals surface area contributed by atoms with Crippen molar-refractivity contribution in [2.45, 2.75) is 38.1 Å². The van der Waals surface area contributed by atoms with Crippen LogP contribution in [0.15, 0.2) is 29.2 Å². The van der Waals surface area contributed by atoms with E-state index in [1.165, 1.54) is 10.5 Å². The highest BCUT2D eigenvalue weighted by Crippen LogP contribution is 2.23. The third-order valence-electron chi connectivity index (χ3n) is 3.18. The third kappa shape index (κ3) is 6.29. The molecule has 1 N–H and O–H groups in total. The van der Waals surface area contributed by atoms with E-state index in [9.17, 15) is 8.42 Å². The fourth-order valence-electron chi connectivity index (χ4n) is 1.91. The first-order valence-electron chi connectivity index (χ1n) is 7.15. The molecule has 0 aliphatic rings. The van der Waals surface area contributed by atoms with Gasteiger partial charge in [0.2, 0.25) is 0 Å². The van der Waals surface area contributed by atoms with Crippen LogP contribution in [-0.2, 0) is 9.84 Å². The standard InChI is InChI=1S/C15H25NO2S2/c1-4-16-13(3)14-8-6-9-15(12-14)19-10-7-11-20(17,18)5-2/h6,8-9,12-13,16H,4-5,7,10-11H2,1-3H3. The van der Waals surface area contributed by atoms with Crippen LogP contribution < -0.4 is 5.32 Å². The zero-order valence-electron chi connectivity index (χ0n) is 12.6. The number of sulfone groups is 1. The lowest BCUT2D eigenvalue weighted by Crippen LogP contribution is -2.17. The number of nitrogens with one attached hydrogen (secondary N) is 1. The smallest absolute Gasteiger partial charge is 0.150 e. The first-order valence-corrected chi connectivity index (χ1v) is 9.95. The number of thioether (sulfide) groups is 1. The number of rotatable bonds is 9. The molecule has 1 aromatic rings. The van der Waals surface area contributed by atoms with Gasteiger partial charge >= 0.3 is 0 Å². The molecule has 3 nitrogen and oxygen atoms in total. The molecule has 0 bridgehead atoms. The van der Waals surface area contributed by atoms with E-state index in [1.54, 1.807) is 18.7 Å². The van der Waals surface area contributed by atoms with Gasteiger partial charge in [-0.2, -0.15) is 0 Å². The molecule has 0 aromatic heterocycles. The topological polar surface area (TPSA) is 46.2 Å². The summed E-state index contributed by atoms with van der Waals surface area (Å²) < 4.78 is 22.8. The zero-order valence-corrected chi connectivity index (χ0v) is 14.2. The molecule has 0 radical (unpaired) electrons. The highest BCUT2D eigenvalue weighted by molar-refractivity contribution is 7.99. The largest absolute Gasteiger partial charge is 0.310 e. The second-order valence-corrected chi connectivity index (χ2v) is 8.43. The Bertz CT molecular complexity index is 500. The van der Waals surface area contributed by atoms with Gasteiger partial charge in [0.15, 0.2) is 0 Å². The molecular weight excluding hydrogens is 290 g/mol. The molecule has 1 aromatic carbocycles. The van der Waals surface area contributed by atoms with Gasteiger partial charge in [0, 0.05) is 16.7 Å². The highest BCUT2D eigenvalue weighted by Gasteiger charge is 2.07. The van der Waals surface area contributed by atoms with Gasteiger partial charge in [-0.15, -0.1) is 11.8 Å². The molecule has 1 unspecified atom stereocenters.